The maximum Gasteiger partial charge on any atom is 0.334 e. The zero-order valence-electron chi connectivity index (χ0n) is 13.5. The van der Waals surface area contributed by atoms with Gasteiger partial charge < -0.3 is 10.1 Å². The van der Waals surface area contributed by atoms with Gasteiger partial charge in [0, 0.05) is 23.6 Å². The summed E-state index contributed by atoms with van der Waals surface area (Å²) in [5.74, 6) is -0.321. The van der Waals surface area contributed by atoms with Crippen molar-refractivity contribution in [2.75, 3.05) is 6.54 Å². The molecule has 4 nitrogen and oxygen atoms in total. The fourth-order valence-corrected chi connectivity index (χ4v) is 2.93. The number of esters is 1. The van der Waals surface area contributed by atoms with Gasteiger partial charge in [-0.1, -0.05) is 25.2 Å². The Kier molecular flexibility index (Phi) is 5.58. The molecule has 4 heteroatoms. The maximum absolute atomic E-state index is 12.2. The van der Waals surface area contributed by atoms with E-state index in [-0.39, 0.29) is 23.9 Å². The molecule has 0 unspecified atom stereocenters. The SMILES string of the molecule is C=C1C(=O)O[C@@H]2/C=C(/C)CC/C=C(/C(=O)NCCC)CC[C@H]12. The molecule has 1 amide bonds. The monoisotopic (exact) mass is 303 g/mol. The summed E-state index contributed by atoms with van der Waals surface area (Å²) in [6.07, 6.45) is 7.84. The third-order valence-electron chi connectivity index (χ3n) is 4.28. The number of hydrogen-bond donors (Lipinski definition) is 1. The Morgan fingerprint density at radius 1 is 1.45 bits per heavy atom. The van der Waals surface area contributed by atoms with Crippen LogP contribution in [0.3, 0.4) is 0 Å². The fourth-order valence-electron chi connectivity index (χ4n) is 2.93. The Morgan fingerprint density at radius 3 is 2.95 bits per heavy atom. The maximum atomic E-state index is 12.2. The highest BCUT2D eigenvalue weighted by Crippen LogP contribution is 2.34. The van der Waals surface area contributed by atoms with Crippen LogP contribution < -0.4 is 5.32 Å². The molecule has 2 aliphatic rings. The number of hydrogen-bond acceptors (Lipinski definition) is 3. The topological polar surface area (TPSA) is 55.4 Å². The van der Waals surface area contributed by atoms with Crippen molar-refractivity contribution in [1.29, 1.82) is 0 Å². The van der Waals surface area contributed by atoms with Crippen LogP contribution in [0.25, 0.3) is 0 Å². The van der Waals surface area contributed by atoms with Gasteiger partial charge in [-0.3, -0.25) is 4.79 Å². The van der Waals surface area contributed by atoms with E-state index >= 15 is 0 Å². The first-order valence-corrected chi connectivity index (χ1v) is 8.07. The molecule has 22 heavy (non-hydrogen) atoms. The van der Waals surface area contributed by atoms with E-state index in [4.69, 9.17) is 4.74 Å². The second-order valence-electron chi connectivity index (χ2n) is 6.08. The molecular weight excluding hydrogens is 278 g/mol. The van der Waals surface area contributed by atoms with E-state index in [0.29, 0.717) is 25.0 Å². The van der Waals surface area contributed by atoms with Gasteiger partial charge in [0.05, 0.1) is 0 Å². The molecule has 0 saturated carbocycles. The van der Waals surface area contributed by atoms with Crippen LogP contribution in [0.4, 0.5) is 0 Å². The summed E-state index contributed by atoms with van der Waals surface area (Å²) in [4.78, 5) is 24.0. The average molecular weight is 303 g/mol. The quantitative estimate of drug-likeness (QED) is 0.495. The lowest BCUT2D eigenvalue weighted by molar-refractivity contribution is -0.137. The predicted molar refractivity (Wildman–Crippen MR) is 86.1 cm³/mol. The van der Waals surface area contributed by atoms with E-state index in [0.717, 1.165) is 24.8 Å². The van der Waals surface area contributed by atoms with Gasteiger partial charge in [-0.25, -0.2) is 4.79 Å². The Balaban J connectivity index is 2.15. The van der Waals surface area contributed by atoms with E-state index in [9.17, 15) is 9.59 Å². The third kappa shape index (κ3) is 3.87. The summed E-state index contributed by atoms with van der Waals surface area (Å²) < 4.78 is 5.41. The summed E-state index contributed by atoms with van der Waals surface area (Å²) >= 11 is 0. The summed E-state index contributed by atoms with van der Waals surface area (Å²) in [5, 5.41) is 2.93. The lowest BCUT2D eigenvalue weighted by Gasteiger charge is -2.18. The summed E-state index contributed by atoms with van der Waals surface area (Å²) in [5.41, 5.74) is 2.53. The molecule has 1 heterocycles. The van der Waals surface area contributed by atoms with Crippen LogP contribution >= 0.6 is 0 Å². The highest BCUT2D eigenvalue weighted by Gasteiger charge is 2.37. The average Bonchev–Trinajstić information content (AvgIpc) is 2.75. The van der Waals surface area contributed by atoms with Crippen LogP contribution in [0, 0.1) is 5.92 Å². The van der Waals surface area contributed by atoms with Crippen molar-refractivity contribution < 1.29 is 14.3 Å². The Hall–Kier alpha value is -1.84. The number of nitrogens with one attached hydrogen (secondary N) is 1. The number of carbonyl (C=O) groups excluding carboxylic acids is 2. The van der Waals surface area contributed by atoms with Crippen LogP contribution in [0.2, 0.25) is 0 Å². The third-order valence-corrected chi connectivity index (χ3v) is 4.28. The number of fused-ring (bicyclic) bond motifs is 1. The largest absolute Gasteiger partial charge is 0.454 e. The summed E-state index contributed by atoms with van der Waals surface area (Å²) in [6.45, 7) is 8.63. The molecule has 0 spiro atoms. The zero-order valence-corrected chi connectivity index (χ0v) is 13.5. The van der Waals surface area contributed by atoms with Gasteiger partial charge in [0.1, 0.15) is 6.10 Å². The number of ether oxygens (including phenoxy) is 1. The lowest BCUT2D eigenvalue weighted by Crippen LogP contribution is -2.26. The summed E-state index contributed by atoms with van der Waals surface area (Å²) in [6, 6.07) is 0. The molecule has 1 aliphatic carbocycles. The molecule has 0 aromatic heterocycles. The van der Waals surface area contributed by atoms with Crippen molar-refractivity contribution in [3.05, 3.63) is 35.5 Å². The van der Waals surface area contributed by atoms with Gasteiger partial charge in [-0.2, -0.15) is 0 Å². The van der Waals surface area contributed by atoms with Crippen molar-refractivity contribution in [1.82, 2.24) is 5.32 Å². The molecular formula is C18H25NO3. The molecule has 2 rings (SSSR count). The van der Waals surface area contributed by atoms with Crippen molar-refractivity contribution in [2.24, 2.45) is 5.92 Å². The Labute approximate surface area is 132 Å². The minimum absolute atomic E-state index is 0.0106. The lowest BCUT2D eigenvalue weighted by atomic mass is 9.87. The molecule has 0 aromatic rings. The molecule has 2 atom stereocenters. The highest BCUT2D eigenvalue weighted by atomic mass is 16.5. The summed E-state index contributed by atoms with van der Waals surface area (Å²) in [7, 11) is 0. The van der Waals surface area contributed by atoms with Crippen molar-refractivity contribution in [2.45, 2.75) is 52.1 Å². The van der Waals surface area contributed by atoms with Crippen molar-refractivity contribution in [3.63, 3.8) is 0 Å². The molecule has 1 fully saturated rings. The van der Waals surface area contributed by atoms with Gasteiger partial charge >= 0.3 is 5.97 Å². The first-order chi connectivity index (χ1) is 10.5. The van der Waals surface area contributed by atoms with Gasteiger partial charge in [0.25, 0.3) is 0 Å². The van der Waals surface area contributed by atoms with Crippen LogP contribution in [0.1, 0.15) is 46.0 Å². The number of carbonyl (C=O) groups is 2. The number of amides is 1. The van der Waals surface area contributed by atoms with E-state index < -0.39 is 0 Å². The van der Waals surface area contributed by atoms with E-state index in [1.165, 1.54) is 5.57 Å². The van der Waals surface area contributed by atoms with Gasteiger partial charge in [-0.05, 0) is 45.1 Å². The molecule has 120 valence electrons. The minimum atomic E-state index is -0.306. The molecule has 0 bridgehead atoms. The number of allylic oxidation sites excluding steroid dienone is 2. The van der Waals surface area contributed by atoms with Gasteiger partial charge in [-0.15, -0.1) is 0 Å². The van der Waals surface area contributed by atoms with Crippen LogP contribution in [-0.2, 0) is 14.3 Å². The standard InChI is InChI=1S/C18H25NO3/c1-4-10-19-17(20)14-7-5-6-12(2)11-16-15(9-8-14)13(3)18(21)22-16/h7,11,15-16H,3-6,8-10H2,1-2H3,(H,19,20)/b12-11-,14-7+/t15-,16-/m1/s1. The molecule has 1 aliphatic heterocycles. The molecule has 1 N–H and O–H groups in total. The molecule has 1 saturated heterocycles. The number of rotatable bonds is 3. The second kappa shape index (κ2) is 7.43. The van der Waals surface area contributed by atoms with Crippen molar-refractivity contribution >= 4 is 11.9 Å². The van der Waals surface area contributed by atoms with E-state index in [1.807, 2.05) is 26.0 Å². The van der Waals surface area contributed by atoms with Crippen LogP contribution in [0.5, 0.6) is 0 Å². The predicted octanol–water partition coefficient (Wildman–Crippen LogP) is 3.06. The van der Waals surface area contributed by atoms with Crippen LogP contribution in [0.15, 0.2) is 35.5 Å². The van der Waals surface area contributed by atoms with Gasteiger partial charge in [0.15, 0.2) is 0 Å². The van der Waals surface area contributed by atoms with E-state index in [1.54, 1.807) is 0 Å². The second-order valence-corrected chi connectivity index (χ2v) is 6.08. The Bertz CT molecular complexity index is 530. The smallest absolute Gasteiger partial charge is 0.334 e. The van der Waals surface area contributed by atoms with Crippen molar-refractivity contribution in [3.8, 4) is 0 Å². The Morgan fingerprint density at radius 2 is 2.23 bits per heavy atom. The van der Waals surface area contributed by atoms with Crippen LogP contribution in [-0.4, -0.2) is 24.5 Å². The minimum Gasteiger partial charge on any atom is -0.454 e. The van der Waals surface area contributed by atoms with Gasteiger partial charge in [0.2, 0.25) is 5.91 Å². The molecule has 0 radical (unpaired) electrons. The highest BCUT2D eigenvalue weighted by molar-refractivity contribution is 5.93. The first-order valence-electron chi connectivity index (χ1n) is 8.07. The van der Waals surface area contributed by atoms with E-state index in [2.05, 4.69) is 11.9 Å². The normalized spacial score (nSPS) is 30.5. The molecule has 0 aromatic carbocycles. The zero-order chi connectivity index (χ0) is 16.1. The fraction of sp³-hybridized carbons (Fsp3) is 0.556. The first kappa shape index (κ1) is 16.5.